The number of halogens is 2. The zero-order valence-corrected chi connectivity index (χ0v) is 8.55. The Kier molecular flexibility index (Phi) is 3.44. The number of aryl methyl sites for hydroxylation is 1. The quantitative estimate of drug-likeness (QED) is 0.722. The van der Waals surface area contributed by atoms with Crippen molar-refractivity contribution < 1.29 is 13.5 Å². The number of ether oxygens (including phenoxy) is 1. The molecule has 14 heavy (non-hydrogen) atoms. The molecule has 0 amide bonds. The minimum atomic E-state index is -2.75. The van der Waals surface area contributed by atoms with Gasteiger partial charge in [0.1, 0.15) is 5.75 Å². The standard InChI is InChI=1S/C11H14F2O/c1-7(2)10-5-4-9(6-8(10)3)14-11(12)13/h4-7,11H,1-3H3. The molecular weight excluding hydrogens is 186 g/mol. The lowest BCUT2D eigenvalue weighted by atomic mass is 9.98. The van der Waals surface area contributed by atoms with E-state index < -0.39 is 6.61 Å². The van der Waals surface area contributed by atoms with Crippen molar-refractivity contribution in [1.29, 1.82) is 0 Å². The monoisotopic (exact) mass is 200 g/mol. The number of alkyl halides is 2. The van der Waals surface area contributed by atoms with Gasteiger partial charge in [0.25, 0.3) is 0 Å². The molecule has 0 unspecified atom stereocenters. The van der Waals surface area contributed by atoms with E-state index >= 15 is 0 Å². The molecule has 0 atom stereocenters. The van der Waals surface area contributed by atoms with E-state index in [9.17, 15) is 8.78 Å². The Bertz CT molecular complexity index is 308. The van der Waals surface area contributed by atoms with Crippen molar-refractivity contribution in [1.82, 2.24) is 0 Å². The summed E-state index contributed by atoms with van der Waals surface area (Å²) >= 11 is 0. The highest BCUT2D eigenvalue weighted by Gasteiger charge is 2.07. The van der Waals surface area contributed by atoms with E-state index in [2.05, 4.69) is 18.6 Å². The maximum absolute atomic E-state index is 11.9. The fraction of sp³-hybridized carbons (Fsp3) is 0.455. The molecular formula is C11H14F2O. The lowest BCUT2D eigenvalue weighted by molar-refractivity contribution is -0.0498. The zero-order valence-electron chi connectivity index (χ0n) is 8.55. The van der Waals surface area contributed by atoms with Crippen LogP contribution in [-0.2, 0) is 0 Å². The Morgan fingerprint density at radius 2 is 1.86 bits per heavy atom. The second kappa shape index (κ2) is 4.40. The Hall–Kier alpha value is -1.12. The summed E-state index contributed by atoms with van der Waals surface area (Å²) in [6, 6.07) is 5.05. The number of hydrogen-bond acceptors (Lipinski definition) is 1. The van der Waals surface area contributed by atoms with Gasteiger partial charge in [-0.2, -0.15) is 8.78 Å². The molecule has 0 aromatic heterocycles. The third-order valence-electron chi connectivity index (χ3n) is 2.09. The molecule has 0 radical (unpaired) electrons. The van der Waals surface area contributed by atoms with Crippen LogP contribution in [-0.4, -0.2) is 6.61 Å². The van der Waals surface area contributed by atoms with Crippen LogP contribution in [0, 0.1) is 6.92 Å². The molecule has 0 aliphatic heterocycles. The Balaban J connectivity index is 2.89. The molecule has 1 aromatic rings. The second-order valence-electron chi connectivity index (χ2n) is 3.55. The maximum Gasteiger partial charge on any atom is 0.387 e. The predicted octanol–water partition coefficient (Wildman–Crippen LogP) is 3.72. The van der Waals surface area contributed by atoms with Gasteiger partial charge in [0.15, 0.2) is 0 Å². The molecule has 0 aliphatic rings. The molecule has 3 heteroatoms. The number of benzene rings is 1. The summed E-state index contributed by atoms with van der Waals surface area (Å²) in [5.41, 5.74) is 2.14. The summed E-state index contributed by atoms with van der Waals surface area (Å²) in [5, 5.41) is 0. The molecule has 0 saturated heterocycles. The molecule has 1 nitrogen and oxygen atoms in total. The molecule has 1 aromatic carbocycles. The van der Waals surface area contributed by atoms with Crippen LogP contribution >= 0.6 is 0 Å². The predicted molar refractivity (Wildman–Crippen MR) is 51.9 cm³/mol. The first-order chi connectivity index (χ1) is 6.50. The summed E-state index contributed by atoms with van der Waals surface area (Å²) in [5.74, 6) is 0.623. The van der Waals surface area contributed by atoms with Gasteiger partial charge in [0.05, 0.1) is 0 Å². The van der Waals surface area contributed by atoms with E-state index in [0.29, 0.717) is 5.92 Å². The zero-order chi connectivity index (χ0) is 10.7. The normalized spacial score (nSPS) is 11.1. The van der Waals surface area contributed by atoms with Crippen LogP contribution in [0.25, 0.3) is 0 Å². The van der Waals surface area contributed by atoms with Gasteiger partial charge in [0, 0.05) is 0 Å². The Morgan fingerprint density at radius 3 is 2.29 bits per heavy atom. The number of hydrogen-bond donors (Lipinski definition) is 0. The Labute approximate surface area is 82.7 Å². The van der Waals surface area contributed by atoms with Gasteiger partial charge >= 0.3 is 6.61 Å². The third-order valence-corrected chi connectivity index (χ3v) is 2.09. The summed E-state index contributed by atoms with van der Waals surface area (Å²) in [6.45, 7) is 3.28. The molecule has 0 aliphatic carbocycles. The third kappa shape index (κ3) is 2.69. The second-order valence-corrected chi connectivity index (χ2v) is 3.55. The van der Waals surface area contributed by atoms with E-state index in [4.69, 9.17) is 0 Å². The van der Waals surface area contributed by atoms with Gasteiger partial charge in [-0.1, -0.05) is 19.9 Å². The first-order valence-electron chi connectivity index (χ1n) is 4.56. The van der Waals surface area contributed by atoms with Crippen LogP contribution in [0.5, 0.6) is 5.75 Å². The molecule has 78 valence electrons. The molecule has 0 saturated carbocycles. The lowest BCUT2D eigenvalue weighted by Crippen LogP contribution is -2.02. The van der Waals surface area contributed by atoms with Gasteiger partial charge < -0.3 is 4.74 Å². The van der Waals surface area contributed by atoms with Crippen LogP contribution in [0.3, 0.4) is 0 Å². The van der Waals surface area contributed by atoms with Crippen molar-refractivity contribution in [3.05, 3.63) is 29.3 Å². The number of rotatable bonds is 3. The molecule has 1 rings (SSSR count). The van der Waals surface area contributed by atoms with Gasteiger partial charge in [-0.05, 0) is 36.1 Å². The maximum atomic E-state index is 11.9. The van der Waals surface area contributed by atoms with Crippen LogP contribution in [0.2, 0.25) is 0 Å². The molecule has 0 N–H and O–H groups in total. The smallest absolute Gasteiger partial charge is 0.387 e. The molecule has 0 bridgehead atoms. The first-order valence-corrected chi connectivity index (χ1v) is 4.56. The van der Waals surface area contributed by atoms with Gasteiger partial charge in [0.2, 0.25) is 0 Å². The molecule has 0 spiro atoms. The summed E-state index contributed by atoms with van der Waals surface area (Å²) in [7, 11) is 0. The summed E-state index contributed by atoms with van der Waals surface area (Å²) in [4.78, 5) is 0. The van der Waals surface area contributed by atoms with Crippen LogP contribution in [0.1, 0.15) is 30.9 Å². The average molecular weight is 200 g/mol. The average Bonchev–Trinajstić information content (AvgIpc) is 2.01. The first kappa shape index (κ1) is 11.0. The van der Waals surface area contributed by atoms with Crippen LogP contribution in [0.15, 0.2) is 18.2 Å². The highest BCUT2D eigenvalue weighted by atomic mass is 19.3. The van der Waals surface area contributed by atoms with Crippen LogP contribution < -0.4 is 4.74 Å². The summed E-state index contributed by atoms with van der Waals surface area (Å²) in [6.07, 6.45) is 0. The SMILES string of the molecule is Cc1cc(OC(F)F)ccc1C(C)C. The molecule has 0 fully saturated rings. The lowest BCUT2D eigenvalue weighted by Gasteiger charge is -2.11. The van der Waals surface area contributed by atoms with Gasteiger partial charge in [-0.25, -0.2) is 0 Å². The van der Waals surface area contributed by atoms with E-state index in [1.807, 2.05) is 13.0 Å². The van der Waals surface area contributed by atoms with E-state index in [1.165, 1.54) is 0 Å². The van der Waals surface area contributed by atoms with Crippen molar-refractivity contribution in [3.8, 4) is 5.75 Å². The van der Waals surface area contributed by atoms with E-state index in [0.717, 1.165) is 11.1 Å². The van der Waals surface area contributed by atoms with Gasteiger partial charge in [-0.15, -0.1) is 0 Å². The highest BCUT2D eigenvalue weighted by Crippen LogP contribution is 2.24. The fourth-order valence-electron chi connectivity index (χ4n) is 1.47. The van der Waals surface area contributed by atoms with Crippen molar-refractivity contribution in [3.63, 3.8) is 0 Å². The van der Waals surface area contributed by atoms with Crippen molar-refractivity contribution in [2.75, 3.05) is 0 Å². The summed E-state index contributed by atoms with van der Waals surface area (Å²) < 4.78 is 28.1. The topological polar surface area (TPSA) is 9.23 Å². The largest absolute Gasteiger partial charge is 0.435 e. The minimum absolute atomic E-state index is 0.224. The minimum Gasteiger partial charge on any atom is -0.435 e. The van der Waals surface area contributed by atoms with E-state index in [1.54, 1.807) is 12.1 Å². The van der Waals surface area contributed by atoms with Gasteiger partial charge in [-0.3, -0.25) is 0 Å². The van der Waals surface area contributed by atoms with Crippen molar-refractivity contribution in [2.45, 2.75) is 33.3 Å². The fourth-order valence-corrected chi connectivity index (χ4v) is 1.47. The van der Waals surface area contributed by atoms with E-state index in [-0.39, 0.29) is 5.75 Å². The highest BCUT2D eigenvalue weighted by molar-refractivity contribution is 5.36. The van der Waals surface area contributed by atoms with Crippen LogP contribution in [0.4, 0.5) is 8.78 Å². The van der Waals surface area contributed by atoms with Crippen molar-refractivity contribution >= 4 is 0 Å². The van der Waals surface area contributed by atoms with Crippen molar-refractivity contribution in [2.24, 2.45) is 0 Å². The Morgan fingerprint density at radius 1 is 1.21 bits per heavy atom. The molecule has 0 heterocycles.